The summed E-state index contributed by atoms with van der Waals surface area (Å²) < 4.78 is 18.5. The van der Waals surface area contributed by atoms with Gasteiger partial charge in [-0.1, -0.05) is 12.1 Å². The fourth-order valence-corrected chi connectivity index (χ4v) is 1.46. The van der Waals surface area contributed by atoms with E-state index in [-0.39, 0.29) is 11.6 Å². The molecule has 2 nitrogen and oxygen atoms in total. The summed E-state index contributed by atoms with van der Waals surface area (Å²) in [5.74, 6) is -0.0424. The lowest BCUT2D eigenvalue weighted by Gasteiger charge is -2.12. The fraction of sp³-hybridized carbons (Fsp3) is 0.400. The molecule has 1 saturated carbocycles. The Bertz CT molecular complexity index is 334. The molecule has 70 valence electrons. The van der Waals surface area contributed by atoms with Gasteiger partial charge in [-0.15, -0.1) is 0 Å². The lowest BCUT2D eigenvalue weighted by molar-refractivity contribution is 0.381. The summed E-state index contributed by atoms with van der Waals surface area (Å²) in [4.78, 5) is 0. The van der Waals surface area contributed by atoms with Gasteiger partial charge < -0.3 is 10.5 Å². The lowest BCUT2D eigenvalue weighted by atomic mass is 10.1. The summed E-state index contributed by atoms with van der Waals surface area (Å²) >= 11 is 0. The van der Waals surface area contributed by atoms with Crippen molar-refractivity contribution in [1.29, 1.82) is 0 Å². The standard InChI is InChI=1S/C10H12FNO/c1-13-8-4-2-3-7(9(8)11)10(12)5-6-10/h2-4H,5-6,12H2,1H3. The van der Waals surface area contributed by atoms with Crippen LogP contribution >= 0.6 is 0 Å². The fourth-order valence-electron chi connectivity index (χ4n) is 1.46. The number of ether oxygens (including phenoxy) is 1. The molecular formula is C10H12FNO. The molecular weight excluding hydrogens is 169 g/mol. The highest BCUT2D eigenvalue weighted by atomic mass is 19.1. The quantitative estimate of drug-likeness (QED) is 0.754. The highest BCUT2D eigenvalue weighted by molar-refractivity contribution is 5.38. The minimum Gasteiger partial charge on any atom is -0.494 e. The van der Waals surface area contributed by atoms with Crippen molar-refractivity contribution in [2.24, 2.45) is 5.73 Å². The highest BCUT2D eigenvalue weighted by Crippen LogP contribution is 2.44. The highest BCUT2D eigenvalue weighted by Gasteiger charge is 2.42. The molecule has 0 amide bonds. The molecule has 13 heavy (non-hydrogen) atoms. The van der Waals surface area contributed by atoms with Crippen LogP contribution in [0.2, 0.25) is 0 Å². The number of nitrogens with two attached hydrogens (primary N) is 1. The smallest absolute Gasteiger partial charge is 0.170 e. The molecule has 2 N–H and O–H groups in total. The zero-order valence-electron chi connectivity index (χ0n) is 7.51. The van der Waals surface area contributed by atoms with Crippen LogP contribution < -0.4 is 10.5 Å². The first-order chi connectivity index (χ1) is 6.17. The Hall–Kier alpha value is -1.09. The van der Waals surface area contributed by atoms with Crippen LogP contribution in [0.25, 0.3) is 0 Å². The first-order valence-electron chi connectivity index (χ1n) is 4.29. The molecule has 1 aliphatic rings. The Balaban J connectivity index is 2.46. The molecule has 0 heterocycles. The molecule has 2 rings (SSSR count). The predicted octanol–water partition coefficient (Wildman–Crippen LogP) is 1.78. The van der Waals surface area contributed by atoms with Gasteiger partial charge in [0.15, 0.2) is 11.6 Å². The van der Waals surface area contributed by atoms with Crippen LogP contribution in [0.4, 0.5) is 4.39 Å². The lowest BCUT2D eigenvalue weighted by Crippen LogP contribution is -2.20. The summed E-state index contributed by atoms with van der Waals surface area (Å²) in [5, 5.41) is 0. The number of rotatable bonds is 2. The third-order valence-electron chi connectivity index (χ3n) is 2.51. The molecule has 1 aromatic carbocycles. The SMILES string of the molecule is COc1cccc(C2(N)CC2)c1F. The van der Waals surface area contributed by atoms with Crippen LogP contribution in [0.3, 0.4) is 0 Å². The van der Waals surface area contributed by atoms with Gasteiger partial charge in [0.05, 0.1) is 7.11 Å². The minimum atomic E-state index is -0.432. The van der Waals surface area contributed by atoms with Crippen molar-refractivity contribution in [3.05, 3.63) is 29.6 Å². The van der Waals surface area contributed by atoms with Gasteiger partial charge in [0.2, 0.25) is 0 Å². The zero-order valence-corrected chi connectivity index (χ0v) is 7.51. The molecule has 0 bridgehead atoms. The normalized spacial score (nSPS) is 18.4. The van der Waals surface area contributed by atoms with E-state index in [4.69, 9.17) is 10.5 Å². The third-order valence-corrected chi connectivity index (χ3v) is 2.51. The van der Waals surface area contributed by atoms with Gasteiger partial charge in [0.1, 0.15) is 0 Å². The first kappa shape index (κ1) is 8.51. The summed E-state index contributed by atoms with van der Waals surface area (Å²) in [7, 11) is 1.46. The van der Waals surface area contributed by atoms with Crippen molar-refractivity contribution < 1.29 is 9.13 Å². The van der Waals surface area contributed by atoms with Gasteiger partial charge in [-0.2, -0.15) is 0 Å². The van der Waals surface area contributed by atoms with E-state index in [2.05, 4.69) is 0 Å². The average Bonchev–Trinajstić information content (AvgIpc) is 2.85. The van der Waals surface area contributed by atoms with Crippen molar-refractivity contribution in [1.82, 2.24) is 0 Å². The Morgan fingerprint density at radius 2 is 2.15 bits per heavy atom. The van der Waals surface area contributed by atoms with Crippen LogP contribution in [0.5, 0.6) is 5.75 Å². The van der Waals surface area contributed by atoms with Gasteiger partial charge in [-0.3, -0.25) is 0 Å². The number of methoxy groups -OCH3 is 1. The van der Waals surface area contributed by atoms with Gasteiger partial charge in [-0.05, 0) is 18.9 Å². The molecule has 1 aliphatic carbocycles. The first-order valence-corrected chi connectivity index (χ1v) is 4.29. The van der Waals surface area contributed by atoms with E-state index in [0.29, 0.717) is 5.56 Å². The second-order valence-corrected chi connectivity index (χ2v) is 3.48. The van der Waals surface area contributed by atoms with Crippen LogP contribution in [0, 0.1) is 5.82 Å². The molecule has 1 aromatic rings. The zero-order chi connectivity index (χ0) is 9.47. The maximum Gasteiger partial charge on any atom is 0.170 e. The molecule has 0 aliphatic heterocycles. The van der Waals surface area contributed by atoms with Crippen molar-refractivity contribution in [2.75, 3.05) is 7.11 Å². The molecule has 0 radical (unpaired) electrons. The van der Waals surface area contributed by atoms with Crippen LogP contribution in [0.1, 0.15) is 18.4 Å². The van der Waals surface area contributed by atoms with Gasteiger partial charge >= 0.3 is 0 Å². The van der Waals surface area contributed by atoms with Crippen LogP contribution in [-0.4, -0.2) is 7.11 Å². The van der Waals surface area contributed by atoms with Gasteiger partial charge in [0.25, 0.3) is 0 Å². The minimum absolute atomic E-state index is 0.272. The summed E-state index contributed by atoms with van der Waals surface area (Å²) in [6.45, 7) is 0. The van der Waals surface area contributed by atoms with Crippen molar-refractivity contribution >= 4 is 0 Å². The van der Waals surface area contributed by atoms with E-state index in [1.165, 1.54) is 7.11 Å². The molecule has 3 heteroatoms. The number of hydrogen-bond acceptors (Lipinski definition) is 2. The van der Waals surface area contributed by atoms with E-state index >= 15 is 0 Å². The second-order valence-electron chi connectivity index (χ2n) is 3.48. The Labute approximate surface area is 76.5 Å². The predicted molar refractivity (Wildman–Crippen MR) is 48.1 cm³/mol. The number of halogens is 1. The maximum absolute atomic E-state index is 13.6. The van der Waals surface area contributed by atoms with E-state index in [0.717, 1.165) is 12.8 Å². The van der Waals surface area contributed by atoms with Crippen molar-refractivity contribution in [3.8, 4) is 5.75 Å². The maximum atomic E-state index is 13.6. The van der Waals surface area contributed by atoms with E-state index in [1.54, 1.807) is 18.2 Å². The van der Waals surface area contributed by atoms with Gasteiger partial charge in [0, 0.05) is 11.1 Å². The number of hydrogen-bond donors (Lipinski definition) is 1. The van der Waals surface area contributed by atoms with Crippen molar-refractivity contribution in [3.63, 3.8) is 0 Å². The third kappa shape index (κ3) is 1.29. The summed E-state index contributed by atoms with van der Waals surface area (Å²) in [6, 6.07) is 5.10. The van der Waals surface area contributed by atoms with E-state index in [9.17, 15) is 4.39 Å². The van der Waals surface area contributed by atoms with Crippen LogP contribution in [-0.2, 0) is 5.54 Å². The molecule has 0 atom stereocenters. The van der Waals surface area contributed by atoms with E-state index in [1.807, 2.05) is 0 Å². The van der Waals surface area contributed by atoms with Crippen LogP contribution in [0.15, 0.2) is 18.2 Å². The van der Waals surface area contributed by atoms with E-state index < -0.39 is 5.54 Å². The second kappa shape index (κ2) is 2.70. The van der Waals surface area contributed by atoms with Crippen molar-refractivity contribution in [2.45, 2.75) is 18.4 Å². The Morgan fingerprint density at radius 1 is 1.46 bits per heavy atom. The largest absolute Gasteiger partial charge is 0.494 e. The Morgan fingerprint density at radius 3 is 2.69 bits per heavy atom. The number of benzene rings is 1. The molecule has 0 spiro atoms. The summed E-state index contributed by atoms with van der Waals surface area (Å²) in [6.07, 6.45) is 1.72. The molecule has 0 unspecified atom stereocenters. The van der Waals surface area contributed by atoms with Gasteiger partial charge in [-0.25, -0.2) is 4.39 Å². The molecule has 0 saturated heterocycles. The molecule has 0 aromatic heterocycles. The average molecular weight is 181 g/mol. The Kier molecular flexibility index (Phi) is 1.77. The molecule has 1 fully saturated rings. The monoisotopic (exact) mass is 181 g/mol. The summed E-state index contributed by atoms with van der Waals surface area (Å²) in [5.41, 5.74) is 6.04. The topological polar surface area (TPSA) is 35.2 Å².